The van der Waals surface area contributed by atoms with Crippen LogP contribution in [0.4, 0.5) is 10.5 Å². The summed E-state index contributed by atoms with van der Waals surface area (Å²) in [4.78, 5) is 23.2. The third-order valence-corrected chi connectivity index (χ3v) is 3.67. The van der Waals surface area contributed by atoms with Gasteiger partial charge in [-0.3, -0.25) is 4.79 Å². The van der Waals surface area contributed by atoms with Gasteiger partial charge in [0.2, 0.25) is 15.9 Å². The van der Waals surface area contributed by atoms with Crippen molar-refractivity contribution in [3.8, 4) is 0 Å². The molecule has 0 spiro atoms. The second-order valence-corrected chi connectivity index (χ2v) is 7.30. The Hall–Kier alpha value is -2.13. The Morgan fingerprint density at radius 1 is 1.17 bits per heavy atom. The molecular formula is C14H22N4O4S. The second-order valence-electron chi connectivity index (χ2n) is 5.68. The van der Waals surface area contributed by atoms with Crippen molar-refractivity contribution in [3.05, 3.63) is 29.8 Å². The molecule has 23 heavy (non-hydrogen) atoms. The summed E-state index contributed by atoms with van der Waals surface area (Å²) in [5.74, 6) is -0.480. The van der Waals surface area contributed by atoms with Crippen LogP contribution in [0.25, 0.3) is 0 Å². The maximum atomic E-state index is 12.2. The van der Waals surface area contributed by atoms with Crippen LogP contribution in [0, 0.1) is 5.92 Å². The van der Waals surface area contributed by atoms with E-state index < -0.39 is 28.0 Å². The lowest BCUT2D eigenvalue weighted by atomic mass is 10.0. The molecule has 6 N–H and O–H groups in total. The van der Waals surface area contributed by atoms with Crippen LogP contribution in [0.5, 0.6) is 0 Å². The van der Waals surface area contributed by atoms with E-state index in [-0.39, 0.29) is 11.7 Å². The summed E-state index contributed by atoms with van der Waals surface area (Å²) in [5, 5.41) is 10.0. The summed E-state index contributed by atoms with van der Waals surface area (Å²) in [6.07, 6.45) is 0.443. The highest BCUT2D eigenvalue weighted by Crippen LogP contribution is 2.13. The number of amides is 3. The number of primary amides is 1. The number of carbonyl (C=O) groups excluding carboxylic acids is 2. The highest BCUT2D eigenvalue weighted by atomic mass is 32.2. The number of primary sulfonamides is 1. The maximum absolute atomic E-state index is 12.2. The minimum atomic E-state index is -3.60. The lowest BCUT2D eigenvalue weighted by molar-refractivity contribution is -0.118. The zero-order valence-electron chi connectivity index (χ0n) is 13.1. The van der Waals surface area contributed by atoms with Gasteiger partial charge in [-0.1, -0.05) is 26.0 Å². The van der Waals surface area contributed by atoms with E-state index >= 15 is 0 Å². The molecule has 3 amide bonds. The van der Waals surface area contributed by atoms with Crippen molar-refractivity contribution in [2.45, 2.75) is 32.1 Å². The molecule has 0 saturated heterocycles. The molecule has 1 aromatic rings. The van der Waals surface area contributed by atoms with Gasteiger partial charge < -0.3 is 16.4 Å². The number of benzene rings is 1. The molecule has 0 radical (unpaired) electrons. The average Bonchev–Trinajstić information content (AvgIpc) is 2.37. The predicted octanol–water partition coefficient (Wildman–Crippen LogP) is 0.497. The first kappa shape index (κ1) is 18.9. The zero-order chi connectivity index (χ0) is 17.6. The monoisotopic (exact) mass is 342 g/mol. The van der Waals surface area contributed by atoms with Gasteiger partial charge in [0, 0.05) is 5.69 Å². The van der Waals surface area contributed by atoms with Crippen molar-refractivity contribution in [2.24, 2.45) is 16.8 Å². The molecule has 0 aliphatic heterocycles. The molecule has 1 aromatic carbocycles. The van der Waals surface area contributed by atoms with Crippen molar-refractivity contribution in [1.82, 2.24) is 5.32 Å². The quantitative estimate of drug-likeness (QED) is 0.571. The summed E-state index contributed by atoms with van der Waals surface area (Å²) in [6.45, 7) is 3.84. The molecule has 9 heteroatoms. The number of anilines is 1. The molecule has 1 atom stereocenters. The van der Waals surface area contributed by atoms with Crippen molar-refractivity contribution in [1.29, 1.82) is 0 Å². The fraction of sp³-hybridized carbons (Fsp3) is 0.429. The van der Waals surface area contributed by atoms with Crippen LogP contribution in [-0.4, -0.2) is 26.4 Å². The van der Waals surface area contributed by atoms with Crippen LogP contribution >= 0.6 is 0 Å². The van der Waals surface area contributed by atoms with Gasteiger partial charge in [0.1, 0.15) is 6.04 Å². The molecule has 0 saturated carbocycles. The fourth-order valence-corrected chi connectivity index (χ4v) is 2.68. The predicted molar refractivity (Wildman–Crippen MR) is 87.8 cm³/mol. The minimum Gasteiger partial charge on any atom is -0.352 e. The van der Waals surface area contributed by atoms with Gasteiger partial charge in [-0.05, 0) is 30.0 Å². The first-order valence-electron chi connectivity index (χ1n) is 7.03. The molecule has 0 aromatic heterocycles. The van der Waals surface area contributed by atoms with Crippen LogP contribution < -0.4 is 21.5 Å². The van der Waals surface area contributed by atoms with E-state index in [1.54, 1.807) is 24.3 Å². The number of carbonyl (C=O) groups is 2. The minimum absolute atomic E-state index is 0.190. The molecule has 0 heterocycles. The summed E-state index contributed by atoms with van der Waals surface area (Å²) >= 11 is 0. The van der Waals surface area contributed by atoms with Crippen LogP contribution in [0.1, 0.15) is 25.8 Å². The van der Waals surface area contributed by atoms with Crippen molar-refractivity contribution in [3.63, 3.8) is 0 Å². The third-order valence-electron chi connectivity index (χ3n) is 2.93. The van der Waals surface area contributed by atoms with Crippen molar-refractivity contribution < 1.29 is 18.0 Å². The Morgan fingerprint density at radius 3 is 2.17 bits per heavy atom. The Kier molecular flexibility index (Phi) is 6.52. The average molecular weight is 342 g/mol. The smallest absolute Gasteiger partial charge is 0.312 e. The molecule has 128 valence electrons. The van der Waals surface area contributed by atoms with Crippen LogP contribution in [0.3, 0.4) is 0 Å². The molecule has 0 aliphatic rings. The van der Waals surface area contributed by atoms with Gasteiger partial charge in [0.15, 0.2) is 0 Å². The standard InChI is InChI=1S/C14H22N4O4S/c1-9(2)7-12(18-14(15)20)13(19)17-11-5-3-10(4-6-11)8-23(16,21)22/h3-6,9,12H,7-8H2,1-2H3,(H,17,19)(H3,15,18,20)(H2,16,21,22). The number of rotatable bonds is 7. The van der Waals surface area contributed by atoms with Gasteiger partial charge in [0.25, 0.3) is 0 Å². The normalized spacial score (nSPS) is 12.7. The maximum Gasteiger partial charge on any atom is 0.312 e. The van der Waals surface area contributed by atoms with E-state index in [9.17, 15) is 18.0 Å². The molecule has 0 bridgehead atoms. The number of urea groups is 1. The number of sulfonamides is 1. The van der Waals surface area contributed by atoms with E-state index in [0.29, 0.717) is 17.7 Å². The first-order valence-corrected chi connectivity index (χ1v) is 8.74. The molecule has 1 rings (SSSR count). The number of hydrogen-bond acceptors (Lipinski definition) is 4. The molecule has 0 aliphatic carbocycles. The lowest BCUT2D eigenvalue weighted by Gasteiger charge is -2.19. The summed E-state index contributed by atoms with van der Waals surface area (Å²) in [7, 11) is -3.60. The number of nitrogens with one attached hydrogen (secondary N) is 2. The Bertz CT molecular complexity index is 656. The van der Waals surface area contributed by atoms with Crippen molar-refractivity contribution >= 4 is 27.6 Å². The summed E-state index contributed by atoms with van der Waals surface area (Å²) < 4.78 is 22.0. The van der Waals surface area contributed by atoms with E-state index in [4.69, 9.17) is 10.9 Å². The van der Waals surface area contributed by atoms with Gasteiger partial charge in [-0.2, -0.15) is 0 Å². The fourth-order valence-electron chi connectivity index (χ4n) is 2.02. The SMILES string of the molecule is CC(C)CC(NC(N)=O)C(=O)Nc1ccc(CS(N)(=O)=O)cc1. The van der Waals surface area contributed by atoms with E-state index in [2.05, 4.69) is 10.6 Å². The summed E-state index contributed by atoms with van der Waals surface area (Å²) in [5.41, 5.74) is 6.07. The zero-order valence-corrected chi connectivity index (χ0v) is 13.9. The molecule has 0 fully saturated rings. The highest BCUT2D eigenvalue weighted by Gasteiger charge is 2.21. The lowest BCUT2D eigenvalue weighted by Crippen LogP contribution is -2.46. The molecule has 8 nitrogen and oxygen atoms in total. The number of hydrogen-bond donors (Lipinski definition) is 4. The van der Waals surface area contributed by atoms with Crippen LogP contribution in [0.2, 0.25) is 0 Å². The van der Waals surface area contributed by atoms with Gasteiger partial charge in [-0.25, -0.2) is 18.4 Å². The molecular weight excluding hydrogens is 320 g/mol. The summed E-state index contributed by atoms with van der Waals surface area (Å²) in [6, 6.07) is 4.73. The Balaban J connectivity index is 2.76. The highest BCUT2D eigenvalue weighted by molar-refractivity contribution is 7.88. The third kappa shape index (κ3) is 7.61. The van der Waals surface area contributed by atoms with E-state index in [1.165, 1.54) is 0 Å². The van der Waals surface area contributed by atoms with Gasteiger partial charge in [-0.15, -0.1) is 0 Å². The van der Waals surface area contributed by atoms with Gasteiger partial charge in [0.05, 0.1) is 5.75 Å². The second kappa shape index (κ2) is 7.93. The van der Waals surface area contributed by atoms with E-state index in [0.717, 1.165) is 0 Å². The van der Waals surface area contributed by atoms with Gasteiger partial charge >= 0.3 is 6.03 Å². The van der Waals surface area contributed by atoms with E-state index in [1.807, 2.05) is 13.8 Å². The topological polar surface area (TPSA) is 144 Å². The Labute approximate surface area is 135 Å². The largest absolute Gasteiger partial charge is 0.352 e. The van der Waals surface area contributed by atoms with Crippen LogP contribution in [-0.2, 0) is 20.6 Å². The van der Waals surface area contributed by atoms with Crippen LogP contribution in [0.15, 0.2) is 24.3 Å². The number of nitrogens with two attached hydrogens (primary N) is 2. The van der Waals surface area contributed by atoms with Crippen molar-refractivity contribution in [2.75, 3.05) is 5.32 Å². The first-order chi connectivity index (χ1) is 10.6. The molecule has 1 unspecified atom stereocenters. The Morgan fingerprint density at radius 2 is 1.74 bits per heavy atom.